The zero-order chi connectivity index (χ0) is 8.81. The average Bonchev–Trinajstić information content (AvgIpc) is 2.15. The summed E-state index contributed by atoms with van der Waals surface area (Å²) in [5.41, 5.74) is 0. The predicted octanol–water partition coefficient (Wildman–Crippen LogP) is 3.24. The van der Waals surface area contributed by atoms with Gasteiger partial charge in [-0.25, -0.2) is 0 Å². The molecule has 1 saturated carbocycles. The van der Waals surface area contributed by atoms with E-state index in [4.69, 9.17) is 4.74 Å². The molecule has 0 heterocycles. The van der Waals surface area contributed by atoms with E-state index in [0.29, 0.717) is 0 Å². The molecule has 0 atom stereocenters. The zero-order valence-corrected chi connectivity index (χ0v) is 8.51. The lowest BCUT2D eigenvalue weighted by molar-refractivity contribution is 0.0861. The van der Waals surface area contributed by atoms with Crippen molar-refractivity contribution in [3.05, 3.63) is 0 Å². The van der Waals surface area contributed by atoms with Gasteiger partial charge in [0.05, 0.1) is 0 Å². The summed E-state index contributed by atoms with van der Waals surface area (Å²) in [6.45, 7) is 6.28. The second-order valence-corrected chi connectivity index (χ2v) is 3.95. The van der Waals surface area contributed by atoms with Gasteiger partial charge in [-0.3, -0.25) is 0 Å². The summed E-state index contributed by atoms with van der Waals surface area (Å²) in [6.07, 6.45) is 7.06. The van der Waals surface area contributed by atoms with E-state index >= 15 is 0 Å². The van der Waals surface area contributed by atoms with E-state index in [2.05, 4.69) is 13.8 Å². The van der Waals surface area contributed by atoms with Crippen molar-refractivity contribution in [2.45, 2.75) is 46.0 Å². The van der Waals surface area contributed by atoms with Gasteiger partial charge in [0.2, 0.25) is 0 Å². The lowest BCUT2D eigenvalue weighted by Crippen LogP contribution is -2.18. The molecule has 1 aliphatic carbocycles. The number of ether oxygens (including phenoxy) is 1. The SMILES string of the molecule is CCOCC1CCC(CC)CC1. The molecule has 0 unspecified atom stereocenters. The maximum atomic E-state index is 5.44. The molecular weight excluding hydrogens is 148 g/mol. The predicted molar refractivity (Wildman–Crippen MR) is 52.2 cm³/mol. The summed E-state index contributed by atoms with van der Waals surface area (Å²) >= 11 is 0. The first-order chi connectivity index (χ1) is 5.86. The van der Waals surface area contributed by atoms with Gasteiger partial charge in [-0.15, -0.1) is 0 Å². The summed E-state index contributed by atoms with van der Waals surface area (Å²) < 4.78 is 5.44. The van der Waals surface area contributed by atoms with Crippen LogP contribution in [0.5, 0.6) is 0 Å². The monoisotopic (exact) mass is 170 g/mol. The van der Waals surface area contributed by atoms with Gasteiger partial charge >= 0.3 is 0 Å². The molecule has 0 bridgehead atoms. The van der Waals surface area contributed by atoms with Crippen LogP contribution in [0.1, 0.15) is 46.0 Å². The topological polar surface area (TPSA) is 9.23 Å². The Kier molecular flexibility index (Phi) is 4.67. The van der Waals surface area contributed by atoms with Gasteiger partial charge in [0.25, 0.3) is 0 Å². The van der Waals surface area contributed by atoms with E-state index in [0.717, 1.165) is 25.0 Å². The minimum absolute atomic E-state index is 0.868. The quantitative estimate of drug-likeness (QED) is 0.629. The second kappa shape index (κ2) is 5.58. The van der Waals surface area contributed by atoms with E-state index in [1.807, 2.05) is 0 Å². The fourth-order valence-electron chi connectivity index (χ4n) is 2.09. The Morgan fingerprint density at radius 2 is 1.58 bits per heavy atom. The van der Waals surface area contributed by atoms with E-state index in [1.54, 1.807) is 0 Å². The second-order valence-electron chi connectivity index (χ2n) is 3.95. The minimum atomic E-state index is 0.868. The molecule has 0 N–H and O–H groups in total. The molecular formula is C11H22O. The van der Waals surface area contributed by atoms with Gasteiger partial charge in [-0.05, 0) is 31.6 Å². The van der Waals surface area contributed by atoms with Gasteiger partial charge in [-0.1, -0.05) is 26.2 Å². The van der Waals surface area contributed by atoms with Crippen molar-refractivity contribution in [2.24, 2.45) is 11.8 Å². The van der Waals surface area contributed by atoms with Crippen LogP contribution in [0.25, 0.3) is 0 Å². The Balaban J connectivity index is 2.09. The van der Waals surface area contributed by atoms with Crippen LogP contribution in [-0.2, 0) is 4.74 Å². The lowest BCUT2D eigenvalue weighted by Gasteiger charge is -2.27. The molecule has 1 rings (SSSR count). The molecule has 0 aromatic carbocycles. The van der Waals surface area contributed by atoms with Crippen molar-refractivity contribution in [2.75, 3.05) is 13.2 Å². The Bertz CT molecular complexity index is 104. The lowest BCUT2D eigenvalue weighted by atomic mass is 9.81. The highest BCUT2D eigenvalue weighted by molar-refractivity contribution is 4.71. The van der Waals surface area contributed by atoms with Gasteiger partial charge in [-0.2, -0.15) is 0 Å². The molecule has 1 nitrogen and oxygen atoms in total. The van der Waals surface area contributed by atoms with Gasteiger partial charge in [0, 0.05) is 13.2 Å². The minimum Gasteiger partial charge on any atom is -0.381 e. The first kappa shape index (κ1) is 10.0. The average molecular weight is 170 g/mol. The molecule has 0 amide bonds. The third-order valence-corrected chi connectivity index (χ3v) is 3.10. The highest BCUT2D eigenvalue weighted by Gasteiger charge is 2.19. The smallest absolute Gasteiger partial charge is 0.0494 e. The summed E-state index contributed by atoms with van der Waals surface area (Å²) in [4.78, 5) is 0. The molecule has 0 aliphatic heterocycles. The molecule has 1 fully saturated rings. The van der Waals surface area contributed by atoms with Gasteiger partial charge < -0.3 is 4.74 Å². The first-order valence-electron chi connectivity index (χ1n) is 5.44. The molecule has 0 aromatic heterocycles. The third-order valence-electron chi connectivity index (χ3n) is 3.10. The van der Waals surface area contributed by atoms with E-state index in [1.165, 1.54) is 32.1 Å². The van der Waals surface area contributed by atoms with Crippen molar-refractivity contribution >= 4 is 0 Å². The maximum absolute atomic E-state index is 5.44. The molecule has 1 heteroatoms. The Morgan fingerprint density at radius 3 is 2.08 bits per heavy atom. The number of hydrogen-bond donors (Lipinski definition) is 0. The van der Waals surface area contributed by atoms with E-state index < -0.39 is 0 Å². The molecule has 0 aromatic rings. The highest BCUT2D eigenvalue weighted by Crippen LogP contribution is 2.30. The van der Waals surface area contributed by atoms with Crippen LogP contribution in [-0.4, -0.2) is 13.2 Å². The standard InChI is InChI=1S/C11H22O/c1-3-10-5-7-11(8-6-10)9-12-4-2/h10-11H,3-9H2,1-2H3. The Labute approximate surface area is 76.5 Å². The van der Waals surface area contributed by atoms with Crippen LogP contribution in [0.2, 0.25) is 0 Å². The summed E-state index contributed by atoms with van der Waals surface area (Å²) in [5.74, 6) is 1.88. The number of rotatable bonds is 4. The first-order valence-corrected chi connectivity index (χ1v) is 5.44. The largest absolute Gasteiger partial charge is 0.381 e. The van der Waals surface area contributed by atoms with Crippen molar-refractivity contribution in [3.63, 3.8) is 0 Å². The Morgan fingerprint density at radius 1 is 1.00 bits per heavy atom. The third kappa shape index (κ3) is 3.14. The van der Waals surface area contributed by atoms with Gasteiger partial charge in [0.15, 0.2) is 0 Å². The highest BCUT2D eigenvalue weighted by atomic mass is 16.5. The Hall–Kier alpha value is -0.0400. The van der Waals surface area contributed by atoms with Gasteiger partial charge in [0.1, 0.15) is 0 Å². The summed E-state index contributed by atoms with van der Waals surface area (Å²) in [5, 5.41) is 0. The molecule has 0 radical (unpaired) electrons. The van der Waals surface area contributed by atoms with Crippen molar-refractivity contribution in [1.82, 2.24) is 0 Å². The fraction of sp³-hybridized carbons (Fsp3) is 1.00. The summed E-state index contributed by atoms with van der Waals surface area (Å²) in [6, 6.07) is 0. The molecule has 0 spiro atoms. The molecule has 12 heavy (non-hydrogen) atoms. The van der Waals surface area contributed by atoms with Crippen LogP contribution >= 0.6 is 0 Å². The normalized spacial score (nSPS) is 30.5. The maximum Gasteiger partial charge on any atom is 0.0494 e. The fourth-order valence-corrected chi connectivity index (χ4v) is 2.09. The zero-order valence-electron chi connectivity index (χ0n) is 8.51. The molecule has 0 saturated heterocycles. The van der Waals surface area contributed by atoms with Crippen molar-refractivity contribution in [3.8, 4) is 0 Å². The molecule has 1 aliphatic rings. The van der Waals surface area contributed by atoms with Crippen LogP contribution in [0.4, 0.5) is 0 Å². The van der Waals surface area contributed by atoms with E-state index in [9.17, 15) is 0 Å². The van der Waals surface area contributed by atoms with Crippen molar-refractivity contribution < 1.29 is 4.74 Å². The molecule has 72 valence electrons. The van der Waals surface area contributed by atoms with Crippen LogP contribution in [0, 0.1) is 11.8 Å². The van der Waals surface area contributed by atoms with Crippen molar-refractivity contribution in [1.29, 1.82) is 0 Å². The summed E-state index contributed by atoms with van der Waals surface area (Å²) in [7, 11) is 0. The number of hydrogen-bond acceptors (Lipinski definition) is 1. The van der Waals surface area contributed by atoms with Crippen LogP contribution < -0.4 is 0 Å². The van der Waals surface area contributed by atoms with E-state index in [-0.39, 0.29) is 0 Å². The van der Waals surface area contributed by atoms with Crippen LogP contribution in [0.15, 0.2) is 0 Å². The van der Waals surface area contributed by atoms with Crippen LogP contribution in [0.3, 0.4) is 0 Å².